The van der Waals surface area contributed by atoms with E-state index in [-0.39, 0.29) is 5.92 Å². The summed E-state index contributed by atoms with van der Waals surface area (Å²) in [5, 5.41) is 11.2. The number of hydrogen-bond acceptors (Lipinski definition) is 5. The van der Waals surface area contributed by atoms with Crippen LogP contribution in [0, 0.1) is 0 Å². The summed E-state index contributed by atoms with van der Waals surface area (Å²) in [6.45, 7) is 4.17. The van der Waals surface area contributed by atoms with Crippen LogP contribution in [-0.2, 0) is 0 Å². The van der Waals surface area contributed by atoms with Crippen LogP contribution in [0.1, 0.15) is 25.7 Å². The lowest BCUT2D eigenvalue weighted by atomic mass is 10.0. The highest BCUT2D eigenvalue weighted by Crippen LogP contribution is 2.23. The Labute approximate surface area is 98.7 Å². The van der Waals surface area contributed by atoms with Crippen molar-refractivity contribution < 1.29 is 4.52 Å². The second kappa shape index (κ2) is 4.76. The van der Waals surface area contributed by atoms with E-state index >= 15 is 0 Å². The summed E-state index contributed by atoms with van der Waals surface area (Å²) in [5.41, 5.74) is 1.02. The molecule has 0 aromatic carbocycles. The van der Waals surface area contributed by atoms with E-state index < -0.39 is 0 Å². The molecule has 0 spiro atoms. The molecule has 0 saturated carbocycles. The summed E-state index contributed by atoms with van der Waals surface area (Å²) in [6.07, 6.45) is 0. The molecule has 2 rings (SSSR count). The quantitative estimate of drug-likeness (QED) is 0.887. The molecule has 2 atom stereocenters. The molecule has 86 valence electrons. The van der Waals surface area contributed by atoms with Gasteiger partial charge >= 0.3 is 0 Å². The van der Waals surface area contributed by atoms with Crippen LogP contribution in [0.25, 0.3) is 11.4 Å². The maximum absolute atomic E-state index is 5.28. The molecule has 2 aromatic rings. The lowest BCUT2D eigenvalue weighted by molar-refractivity contribution is 0.336. The minimum Gasteiger partial charge on any atom is -0.339 e. The van der Waals surface area contributed by atoms with E-state index in [0.717, 1.165) is 5.56 Å². The number of likely N-dealkylation sites (N-methyl/N-ethyl adjacent to an activating group) is 1. The molecule has 0 bridgehead atoms. The molecule has 0 amide bonds. The van der Waals surface area contributed by atoms with Gasteiger partial charge < -0.3 is 9.84 Å². The number of nitrogens with zero attached hydrogens (tertiary/aromatic N) is 2. The highest BCUT2D eigenvalue weighted by Gasteiger charge is 2.19. The first-order valence-corrected chi connectivity index (χ1v) is 6.20. The Morgan fingerprint density at radius 2 is 2.25 bits per heavy atom. The SMILES string of the molecule is CNC(C)C(C)c1nc(-c2ccsc2)no1. The standard InChI is InChI=1S/C11H15N3OS/c1-7(8(2)12-3)11-13-10(14-15-11)9-4-5-16-6-9/h4-8,12H,1-3H3. The van der Waals surface area contributed by atoms with Crippen molar-refractivity contribution in [1.82, 2.24) is 15.5 Å². The Morgan fingerprint density at radius 1 is 1.44 bits per heavy atom. The zero-order valence-corrected chi connectivity index (χ0v) is 10.4. The molecule has 2 unspecified atom stereocenters. The number of hydrogen-bond donors (Lipinski definition) is 1. The highest BCUT2D eigenvalue weighted by atomic mass is 32.1. The lowest BCUT2D eigenvalue weighted by Gasteiger charge is -2.14. The van der Waals surface area contributed by atoms with E-state index in [0.29, 0.717) is 17.8 Å². The van der Waals surface area contributed by atoms with Crippen LogP contribution in [0.3, 0.4) is 0 Å². The fraction of sp³-hybridized carbons (Fsp3) is 0.455. The molecule has 0 aliphatic carbocycles. The van der Waals surface area contributed by atoms with Crippen molar-refractivity contribution in [3.63, 3.8) is 0 Å². The van der Waals surface area contributed by atoms with Crippen LogP contribution in [-0.4, -0.2) is 23.2 Å². The molecule has 1 N–H and O–H groups in total. The maximum Gasteiger partial charge on any atom is 0.231 e. The summed E-state index contributed by atoms with van der Waals surface area (Å²) in [4.78, 5) is 4.41. The highest BCUT2D eigenvalue weighted by molar-refractivity contribution is 7.08. The first-order valence-electron chi connectivity index (χ1n) is 5.25. The predicted octanol–water partition coefficient (Wildman–Crippen LogP) is 2.51. The minimum absolute atomic E-state index is 0.213. The molecule has 0 fully saturated rings. The molecule has 2 aromatic heterocycles. The van der Waals surface area contributed by atoms with Crippen LogP contribution in [0.2, 0.25) is 0 Å². The molecule has 5 heteroatoms. The van der Waals surface area contributed by atoms with Gasteiger partial charge in [0.2, 0.25) is 11.7 Å². The zero-order valence-electron chi connectivity index (χ0n) is 9.60. The topological polar surface area (TPSA) is 51.0 Å². The lowest BCUT2D eigenvalue weighted by Crippen LogP contribution is -2.27. The molecule has 0 saturated heterocycles. The Morgan fingerprint density at radius 3 is 2.88 bits per heavy atom. The molecule has 0 aliphatic rings. The predicted molar refractivity (Wildman–Crippen MR) is 64.5 cm³/mol. The fourth-order valence-electron chi connectivity index (χ4n) is 1.39. The normalized spacial score (nSPS) is 14.9. The third-order valence-electron chi connectivity index (χ3n) is 2.82. The number of aromatic nitrogens is 2. The number of nitrogens with one attached hydrogen (secondary N) is 1. The monoisotopic (exact) mass is 237 g/mol. The van der Waals surface area contributed by atoms with Crippen LogP contribution in [0.5, 0.6) is 0 Å². The molecule has 16 heavy (non-hydrogen) atoms. The van der Waals surface area contributed by atoms with Crippen molar-refractivity contribution in [3.8, 4) is 11.4 Å². The Hall–Kier alpha value is -1.20. The van der Waals surface area contributed by atoms with Crippen molar-refractivity contribution in [2.24, 2.45) is 0 Å². The van der Waals surface area contributed by atoms with E-state index in [2.05, 4.69) is 29.3 Å². The van der Waals surface area contributed by atoms with Gasteiger partial charge in [0.15, 0.2) is 0 Å². The number of thiophene rings is 1. The molecular weight excluding hydrogens is 222 g/mol. The molecular formula is C11H15N3OS. The molecule has 0 radical (unpaired) electrons. The summed E-state index contributed by atoms with van der Waals surface area (Å²) < 4.78 is 5.28. The van der Waals surface area contributed by atoms with Gasteiger partial charge in [0.05, 0.1) is 5.92 Å². The average Bonchev–Trinajstić information content (AvgIpc) is 2.96. The first kappa shape index (κ1) is 11.3. The Balaban J connectivity index is 2.20. The van der Waals surface area contributed by atoms with Gasteiger partial charge in [0.25, 0.3) is 0 Å². The van der Waals surface area contributed by atoms with Gasteiger partial charge in [-0.3, -0.25) is 0 Å². The maximum atomic E-state index is 5.28. The second-order valence-corrected chi connectivity index (χ2v) is 4.61. The summed E-state index contributed by atoms with van der Waals surface area (Å²) in [5.74, 6) is 1.57. The van der Waals surface area contributed by atoms with Gasteiger partial charge in [0, 0.05) is 17.0 Å². The summed E-state index contributed by atoms with van der Waals surface area (Å²) in [7, 11) is 1.93. The van der Waals surface area contributed by atoms with Crippen molar-refractivity contribution >= 4 is 11.3 Å². The van der Waals surface area contributed by atoms with Crippen molar-refractivity contribution in [2.45, 2.75) is 25.8 Å². The third-order valence-corrected chi connectivity index (χ3v) is 3.50. The second-order valence-electron chi connectivity index (χ2n) is 3.83. The van der Waals surface area contributed by atoms with Gasteiger partial charge in [0.1, 0.15) is 0 Å². The van der Waals surface area contributed by atoms with E-state index in [9.17, 15) is 0 Å². The van der Waals surface area contributed by atoms with E-state index in [4.69, 9.17) is 4.52 Å². The van der Waals surface area contributed by atoms with Crippen LogP contribution in [0.4, 0.5) is 0 Å². The van der Waals surface area contributed by atoms with Crippen molar-refractivity contribution in [2.75, 3.05) is 7.05 Å². The van der Waals surface area contributed by atoms with Gasteiger partial charge in [-0.05, 0) is 25.4 Å². The number of rotatable bonds is 4. The summed E-state index contributed by atoms with van der Waals surface area (Å²) in [6, 6.07) is 2.31. The van der Waals surface area contributed by atoms with Gasteiger partial charge in [-0.15, -0.1) is 0 Å². The Kier molecular flexibility index (Phi) is 3.36. The van der Waals surface area contributed by atoms with Crippen LogP contribution in [0.15, 0.2) is 21.3 Å². The van der Waals surface area contributed by atoms with Gasteiger partial charge in [-0.2, -0.15) is 16.3 Å². The smallest absolute Gasteiger partial charge is 0.231 e. The minimum atomic E-state index is 0.213. The third kappa shape index (κ3) is 2.15. The van der Waals surface area contributed by atoms with Gasteiger partial charge in [-0.1, -0.05) is 12.1 Å². The summed E-state index contributed by atoms with van der Waals surface area (Å²) >= 11 is 1.63. The largest absolute Gasteiger partial charge is 0.339 e. The van der Waals surface area contributed by atoms with Gasteiger partial charge in [-0.25, -0.2) is 0 Å². The zero-order chi connectivity index (χ0) is 11.5. The Bertz CT molecular complexity index is 438. The van der Waals surface area contributed by atoms with Crippen LogP contribution < -0.4 is 5.32 Å². The van der Waals surface area contributed by atoms with E-state index in [1.807, 2.05) is 23.9 Å². The van der Waals surface area contributed by atoms with E-state index in [1.54, 1.807) is 11.3 Å². The average molecular weight is 237 g/mol. The van der Waals surface area contributed by atoms with Crippen molar-refractivity contribution in [1.29, 1.82) is 0 Å². The first-order chi connectivity index (χ1) is 7.72. The van der Waals surface area contributed by atoms with E-state index in [1.165, 1.54) is 0 Å². The van der Waals surface area contributed by atoms with Crippen molar-refractivity contribution in [3.05, 3.63) is 22.7 Å². The molecule has 4 nitrogen and oxygen atoms in total. The molecule has 2 heterocycles. The van der Waals surface area contributed by atoms with Crippen LogP contribution >= 0.6 is 11.3 Å². The fourth-order valence-corrected chi connectivity index (χ4v) is 2.03. The molecule has 0 aliphatic heterocycles.